The minimum absolute atomic E-state index is 0.0833. The second-order valence-corrected chi connectivity index (χ2v) is 4.13. The SMILES string of the molecule is COc1ccc(NC(=O)CSCC(=O)[O-])cc1. The van der Waals surface area contributed by atoms with Crippen molar-refractivity contribution in [1.29, 1.82) is 0 Å². The van der Waals surface area contributed by atoms with E-state index in [9.17, 15) is 14.7 Å². The molecule has 0 fully saturated rings. The molecule has 0 aliphatic rings. The summed E-state index contributed by atoms with van der Waals surface area (Å²) in [5.74, 6) is -0.821. The van der Waals surface area contributed by atoms with Gasteiger partial charge in [0.05, 0.1) is 18.8 Å². The van der Waals surface area contributed by atoms with E-state index in [0.29, 0.717) is 11.4 Å². The first-order chi connectivity index (χ1) is 8.11. The van der Waals surface area contributed by atoms with Crippen LogP contribution in [0.25, 0.3) is 0 Å². The molecule has 0 saturated carbocycles. The lowest BCUT2D eigenvalue weighted by Crippen LogP contribution is -2.25. The van der Waals surface area contributed by atoms with E-state index in [1.54, 1.807) is 31.4 Å². The first-order valence-electron chi connectivity index (χ1n) is 4.83. The summed E-state index contributed by atoms with van der Waals surface area (Å²) >= 11 is 0.998. The second-order valence-electron chi connectivity index (χ2n) is 3.14. The summed E-state index contributed by atoms with van der Waals surface area (Å²) < 4.78 is 4.98. The first-order valence-corrected chi connectivity index (χ1v) is 5.99. The molecule has 0 atom stereocenters. The van der Waals surface area contributed by atoms with Crippen molar-refractivity contribution in [2.24, 2.45) is 0 Å². The van der Waals surface area contributed by atoms with Gasteiger partial charge in [-0.15, -0.1) is 11.8 Å². The Morgan fingerprint density at radius 1 is 1.29 bits per heavy atom. The predicted molar refractivity (Wildman–Crippen MR) is 64.0 cm³/mol. The lowest BCUT2D eigenvalue weighted by atomic mass is 10.3. The Kier molecular flexibility index (Phi) is 5.35. The number of benzene rings is 1. The summed E-state index contributed by atoms with van der Waals surface area (Å²) in [5.41, 5.74) is 0.643. The molecule has 1 aromatic carbocycles. The van der Waals surface area contributed by atoms with Crippen molar-refractivity contribution in [3.05, 3.63) is 24.3 Å². The van der Waals surface area contributed by atoms with Gasteiger partial charge in [0, 0.05) is 11.4 Å². The first kappa shape index (κ1) is 13.4. The van der Waals surface area contributed by atoms with Crippen LogP contribution in [0.5, 0.6) is 5.75 Å². The number of ether oxygens (including phenoxy) is 1. The van der Waals surface area contributed by atoms with Crippen molar-refractivity contribution in [3.63, 3.8) is 0 Å². The van der Waals surface area contributed by atoms with Crippen LogP contribution in [0.4, 0.5) is 5.69 Å². The van der Waals surface area contributed by atoms with Gasteiger partial charge >= 0.3 is 0 Å². The summed E-state index contributed by atoms with van der Waals surface area (Å²) in [6, 6.07) is 6.87. The van der Waals surface area contributed by atoms with Gasteiger partial charge in [0.1, 0.15) is 5.75 Å². The molecule has 0 saturated heterocycles. The van der Waals surface area contributed by atoms with Gasteiger partial charge in [-0.2, -0.15) is 0 Å². The van der Waals surface area contributed by atoms with Crippen LogP contribution < -0.4 is 15.2 Å². The number of carbonyl (C=O) groups is 2. The van der Waals surface area contributed by atoms with Gasteiger partial charge in [-0.05, 0) is 24.3 Å². The monoisotopic (exact) mass is 254 g/mol. The van der Waals surface area contributed by atoms with Crippen LogP contribution >= 0.6 is 11.8 Å². The van der Waals surface area contributed by atoms with Crippen LogP contribution in [0.15, 0.2) is 24.3 Å². The highest BCUT2D eigenvalue weighted by atomic mass is 32.2. The summed E-state index contributed by atoms with van der Waals surface area (Å²) in [7, 11) is 1.56. The molecule has 1 rings (SSSR count). The molecule has 0 radical (unpaired) electrons. The van der Waals surface area contributed by atoms with Crippen LogP contribution in [0.1, 0.15) is 0 Å². The molecule has 17 heavy (non-hydrogen) atoms. The van der Waals surface area contributed by atoms with Crippen LogP contribution in [-0.2, 0) is 9.59 Å². The van der Waals surface area contributed by atoms with E-state index >= 15 is 0 Å². The Hall–Kier alpha value is -1.69. The standard InChI is InChI=1S/C11H13NO4S/c1-16-9-4-2-8(3-5-9)12-10(13)6-17-7-11(14)15/h2-5H,6-7H2,1H3,(H,12,13)(H,14,15)/p-1. The Balaban J connectivity index is 2.37. The zero-order valence-corrected chi connectivity index (χ0v) is 10.1. The molecule has 0 spiro atoms. The zero-order chi connectivity index (χ0) is 12.7. The van der Waals surface area contributed by atoms with Gasteiger partial charge in [-0.1, -0.05) is 0 Å². The molecule has 5 nitrogen and oxygen atoms in total. The van der Waals surface area contributed by atoms with E-state index < -0.39 is 5.97 Å². The number of anilines is 1. The van der Waals surface area contributed by atoms with Crippen molar-refractivity contribution in [2.45, 2.75) is 0 Å². The average molecular weight is 254 g/mol. The third-order valence-electron chi connectivity index (χ3n) is 1.83. The lowest BCUT2D eigenvalue weighted by Gasteiger charge is -2.06. The second kappa shape index (κ2) is 6.80. The van der Waals surface area contributed by atoms with E-state index in [1.165, 1.54) is 0 Å². The highest BCUT2D eigenvalue weighted by Gasteiger charge is 2.02. The number of aliphatic carboxylic acids is 1. The van der Waals surface area contributed by atoms with Crippen molar-refractivity contribution in [1.82, 2.24) is 0 Å². The Labute approximate surface area is 103 Å². The third kappa shape index (κ3) is 5.26. The van der Waals surface area contributed by atoms with Gasteiger partial charge < -0.3 is 20.0 Å². The van der Waals surface area contributed by atoms with Crippen LogP contribution in [-0.4, -0.2) is 30.5 Å². The molecule has 0 bridgehead atoms. The normalized spacial score (nSPS) is 9.71. The molecule has 0 aromatic heterocycles. The number of hydrogen-bond donors (Lipinski definition) is 1. The third-order valence-corrected chi connectivity index (χ3v) is 2.73. The molecule has 92 valence electrons. The smallest absolute Gasteiger partial charge is 0.234 e. The maximum Gasteiger partial charge on any atom is 0.234 e. The molecule has 1 aromatic rings. The molecule has 0 aliphatic heterocycles. The van der Waals surface area contributed by atoms with E-state index in [2.05, 4.69) is 5.32 Å². The number of carbonyl (C=O) groups excluding carboxylic acids is 2. The summed E-state index contributed by atoms with van der Waals surface area (Å²) in [6.07, 6.45) is 0. The average Bonchev–Trinajstić information content (AvgIpc) is 2.29. The van der Waals surface area contributed by atoms with Crippen molar-refractivity contribution in [2.75, 3.05) is 23.9 Å². The predicted octanol–water partition coefficient (Wildman–Crippen LogP) is 0.117. The lowest BCUT2D eigenvalue weighted by molar-refractivity contribution is -0.301. The van der Waals surface area contributed by atoms with E-state index in [0.717, 1.165) is 11.8 Å². The van der Waals surface area contributed by atoms with Gasteiger partial charge in [-0.25, -0.2) is 0 Å². The van der Waals surface area contributed by atoms with Gasteiger partial charge in [0.25, 0.3) is 0 Å². The fraction of sp³-hybridized carbons (Fsp3) is 0.273. The molecule has 1 amide bonds. The highest BCUT2D eigenvalue weighted by molar-refractivity contribution is 8.00. The van der Waals surface area contributed by atoms with E-state index in [-0.39, 0.29) is 17.4 Å². The summed E-state index contributed by atoms with van der Waals surface area (Å²) in [6.45, 7) is 0. The summed E-state index contributed by atoms with van der Waals surface area (Å²) in [5, 5.41) is 12.8. The topological polar surface area (TPSA) is 78.5 Å². The fourth-order valence-corrected chi connectivity index (χ4v) is 1.62. The molecule has 6 heteroatoms. The van der Waals surface area contributed by atoms with Gasteiger partial charge in [-0.3, -0.25) is 4.79 Å². The van der Waals surface area contributed by atoms with Gasteiger partial charge in [0.2, 0.25) is 5.91 Å². The Bertz CT molecular complexity index is 391. The fourth-order valence-electron chi connectivity index (χ4n) is 1.10. The number of carboxylic acid groups (broad SMARTS) is 1. The van der Waals surface area contributed by atoms with E-state index in [1.807, 2.05) is 0 Å². The maximum absolute atomic E-state index is 11.4. The van der Waals surface area contributed by atoms with Crippen LogP contribution in [0.3, 0.4) is 0 Å². The minimum atomic E-state index is -1.17. The minimum Gasteiger partial charge on any atom is -0.549 e. The number of carboxylic acids is 1. The van der Waals surface area contributed by atoms with Crippen molar-refractivity contribution < 1.29 is 19.4 Å². The van der Waals surface area contributed by atoms with Gasteiger partial charge in [0.15, 0.2) is 0 Å². The summed E-state index contributed by atoms with van der Waals surface area (Å²) in [4.78, 5) is 21.5. The number of hydrogen-bond acceptors (Lipinski definition) is 5. The molecule has 0 unspecified atom stereocenters. The largest absolute Gasteiger partial charge is 0.549 e. The van der Waals surface area contributed by atoms with Crippen LogP contribution in [0, 0.1) is 0 Å². The highest BCUT2D eigenvalue weighted by Crippen LogP contribution is 2.15. The number of nitrogens with one attached hydrogen (secondary N) is 1. The maximum atomic E-state index is 11.4. The molecule has 1 N–H and O–H groups in total. The van der Waals surface area contributed by atoms with E-state index in [4.69, 9.17) is 4.74 Å². The van der Waals surface area contributed by atoms with Crippen LogP contribution in [0.2, 0.25) is 0 Å². The Morgan fingerprint density at radius 3 is 2.47 bits per heavy atom. The number of methoxy groups -OCH3 is 1. The molecular weight excluding hydrogens is 242 g/mol. The zero-order valence-electron chi connectivity index (χ0n) is 9.26. The molecular formula is C11H12NO4S-. The number of rotatable bonds is 6. The van der Waals surface area contributed by atoms with Crippen molar-refractivity contribution in [3.8, 4) is 5.75 Å². The van der Waals surface area contributed by atoms with Crippen molar-refractivity contribution >= 4 is 29.3 Å². The molecule has 0 aliphatic carbocycles. The number of thioether (sulfide) groups is 1. The number of amides is 1. The molecule has 0 heterocycles. The Morgan fingerprint density at radius 2 is 1.94 bits per heavy atom. The quantitative estimate of drug-likeness (QED) is 0.780.